The van der Waals surface area contributed by atoms with Crippen LogP contribution in [0.15, 0.2) is 47.1 Å². The highest BCUT2D eigenvalue weighted by Crippen LogP contribution is 2.28. The Morgan fingerprint density at radius 3 is 2.46 bits per heavy atom. The lowest BCUT2D eigenvalue weighted by atomic mass is 9.78. The molecule has 0 spiro atoms. The van der Waals surface area contributed by atoms with Crippen molar-refractivity contribution in [3.05, 3.63) is 59.5 Å². The van der Waals surface area contributed by atoms with E-state index in [9.17, 15) is 14.7 Å². The maximum absolute atomic E-state index is 12.5. The Morgan fingerprint density at radius 2 is 1.88 bits per heavy atom. The van der Waals surface area contributed by atoms with Crippen LogP contribution in [0.4, 0.5) is 0 Å². The number of nitrogens with one attached hydrogen (secondary N) is 1. The third-order valence-electron chi connectivity index (χ3n) is 4.36. The Labute approximate surface area is 141 Å². The van der Waals surface area contributed by atoms with Gasteiger partial charge in [-0.3, -0.25) is 9.59 Å². The predicted molar refractivity (Wildman–Crippen MR) is 91.1 cm³/mol. The molecular formula is C19H23NO4. The van der Waals surface area contributed by atoms with Crippen molar-refractivity contribution in [2.75, 3.05) is 6.54 Å². The number of aliphatic carboxylic acids is 1. The molecule has 1 heterocycles. The number of amides is 1. The molecule has 128 valence electrons. The van der Waals surface area contributed by atoms with Gasteiger partial charge < -0.3 is 14.8 Å². The number of rotatable bonds is 8. The van der Waals surface area contributed by atoms with Crippen LogP contribution in [0.5, 0.6) is 0 Å². The summed E-state index contributed by atoms with van der Waals surface area (Å²) in [6, 6.07) is 10.6. The number of hydrogen-bond donors (Lipinski definition) is 2. The summed E-state index contributed by atoms with van der Waals surface area (Å²) >= 11 is 0. The zero-order chi connectivity index (χ0) is 17.6. The molecule has 5 nitrogen and oxygen atoms in total. The van der Waals surface area contributed by atoms with Gasteiger partial charge in [-0.1, -0.05) is 44.2 Å². The van der Waals surface area contributed by atoms with Gasteiger partial charge in [0.05, 0.1) is 11.8 Å². The molecule has 1 aromatic carbocycles. The van der Waals surface area contributed by atoms with Crippen LogP contribution in [0.2, 0.25) is 0 Å². The second kappa shape index (κ2) is 7.81. The second-order valence-corrected chi connectivity index (χ2v) is 5.80. The van der Waals surface area contributed by atoms with Crippen molar-refractivity contribution in [3.63, 3.8) is 0 Å². The second-order valence-electron chi connectivity index (χ2n) is 5.80. The summed E-state index contributed by atoms with van der Waals surface area (Å²) in [5.74, 6) is -0.619. The van der Waals surface area contributed by atoms with Gasteiger partial charge in [-0.25, -0.2) is 0 Å². The van der Waals surface area contributed by atoms with Crippen LogP contribution in [0.1, 0.15) is 48.4 Å². The molecule has 0 radical (unpaired) electrons. The fraction of sp³-hybridized carbons (Fsp3) is 0.368. The van der Waals surface area contributed by atoms with Gasteiger partial charge in [0.1, 0.15) is 11.2 Å². The molecule has 0 bridgehead atoms. The topological polar surface area (TPSA) is 79.5 Å². The van der Waals surface area contributed by atoms with E-state index in [4.69, 9.17) is 4.42 Å². The molecule has 0 fully saturated rings. The first-order valence-corrected chi connectivity index (χ1v) is 8.18. The summed E-state index contributed by atoms with van der Waals surface area (Å²) in [7, 11) is 0. The summed E-state index contributed by atoms with van der Waals surface area (Å²) < 4.78 is 5.34. The molecule has 5 heteroatoms. The number of hydrogen-bond acceptors (Lipinski definition) is 3. The molecule has 1 amide bonds. The number of benzene rings is 1. The minimum absolute atomic E-state index is 0.0262. The van der Waals surface area contributed by atoms with Crippen molar-refractivity contribution in [1.29, 1.82) is 0 Å². The Kier molecular flexibility index (Phi) is 5.79. The van der Waals surface area contributed by atoms with Gasteiger partial charge in [-0.05, 0) is 24.5 Å². The third kappa shape index (κ3) is 3.50. The van der Waals surface area contributed by atoms with E-state index in [2.05, 4.69) is 5.32 Å². The highest BCUT2D eigenvalue weighted by atomic mass is 16.4. The first-order chi connectivity index (χ1) is 11.5. The molecule has 1 unspecified atom stereocenters. The summed E-state index contributed by atoms with van der Waals surface area (Å²) in [5, 5.41) is 12.6. The molecule has 2 aromatic rings. The maximum Gasteiger partial charge on any atom is 0.315 e. The molecule has 0 aliphatic rings. The van der Waals surface area contributed by atoms with Crippen molar-refractivity contribution >= 4 is 11.9 Å². The summed E-state index contributed by atoms with van der Waals surface area (Å²) in [6.45, 7) is 3.85. The molecule has 0 aliphatic heterocycles. The summed E-state index contributed by atoms with van der Waals surface area (Å²) in [5.41, 5.74) is 0.00699. The minimum Gasteiger partial charge on any atom is -0.481 e. The van der Waals surface area contributed by atoms with E-state index >= 15 is 0 Å². The fourth-order valence-electron chi connectivity index (χ4n) is 2.83. The van der Waals surface area contributed by atoms with Crippen molar-refractivity contribution < 1.29 is 19.1 Å². The van der Waals surface area contributed by atoms with E-state index in [1.807, 2.05) is 19.9 Å². The smallest absolute Gasteiger partial charge is 0.315 e. The summed E-state index contributed by atoms with van der Waals surface area (Å²) in [4.78, 5) is 24.4. The third-order valence-corrected chi connectivity index (χ3v) is 4.36. The Hall–Kier alpha value is -2.56. The van der Waals surface area contributed by atoms with Crippen molar-refractivity contribution in [2.45, 2.75) is 38.5 Å². The van der Waals surface area contributed by atoms with Gasteiger partial charge in [-0.15, -0.1) is 0 Å². The van der Waals surface area contributed by atoms with Gasteiger partial charge in [-0.2, -0.15) is 0 Å². The largest absolute Gasteiger partial charge is 0.481 e. The van der Waals surface area contributed by atoms with Gasteiger partial charge in [0.2, 0.25) is 0 Å². The monoisotopic (exact) mass is 329 g/mol. The first-order valence-electron chi connectivity index (χ1n) is 8.18. The average Bonchev–Trinajstić information content (AvgIpc) is 3.05. The number of carboxylic acid groups (broad SMARTS) is 1. The molecule has 2 rings (SSSR count). The van der Waals surface area contributed by atoms with E-state index in [-0.39, 0.29) is 12.5 Å². The predicted octanol–water partition coefficient (Wildman–Crippen LogP) is 3.39. The molecule has 0 aliphatic carbocycles. The summed E-state index contributed by atoms with van der Waals surface area (Å²) in [6.07, 6.45) is 3.40. The standard InChI is InChI=1S/C19H23NO4/c1-3-8-16-15(11-12-24-16)17(21)20-13-19(4-2,18(22)23)14-9-6-5-7-10-14/h5-7,9-12H,3-4,8,13H2,1-2H3,(H,20,21)(H,22,23). The van der Waals surface area contributed by atoms with Crippen LogP contribution in [0, 0.1) is 0 Å². The van der Waals surface area contributed by atoms with Crippen LogP contribution < -0.4 is 5.32 Å². The van der Waals surface area contributed by atoms with Gasteiger partial charge in [0.25, 0.3) is 5.91 Å². The van der Waals surface area contributed by atoms with Crippen molar-refractivity contribution in [3.8, 4) is 0 Å². The molecule has 1 atom stereocenters. The van der Waals surface area contributed by atoms with Crippen LogP contribution in [-0.4, -0.2) is 23.5 Å². The van der Waals surface area contributed by atoms with E-state index in [1.54, 1.807) is 30.3 Å². The molecule has 0 saturated heterocycles. The molecule has 0 saturated carbocycles. The number of carbonyl (C=O) groups is 2. The zero-order valence-corrected chi connectivity index (χ0v) is 14.0. The van der Waals surface area contributed by atoms with Gasteiger partial charge in [0.15, 0.2) is 0 Å². The van der Waals surface area contributed by atoms with E-state index in [0.29, 0.717) is 29.7 Å². The fourth-order valence-corrected chi connectivity index (χ4v) is 2.83. The van der Waals surface area contributed by atoms with E-state index < -0.39 is 11.4 Å². The highest BCUT2D eigenvalue weighted by Gasteiger charge is 2.39. The van der Waals surface area contributed by atoms with Crippen LogP contribution in [0.3, 0.4) is 0 Å². The molecule has 1 aromatic heterocycles. The lowest BCUT2D eigenvalue weighted by Crippen LogP contribution is -2.46. The van der Waals surface area contributed by atoms with Crippen LogP contribution in [-0.2, 0) is 16.6 Å². The Bertz CT molecular complexity index is 692. The van der Waals surface area contributed by atoms with Crippen LogP contribution in [0.25, 0.3) is 0 Å². The molecule has 24 heavy (non-hydrogen) atoms. The number of furan rings is 1. The normalized spacial score (nSPS) is 13.2. The maximum atomic E-state index is 12.5. The molecular weight excluding hydrogens is 306 g/mol. The van der Waals surface area contributed by atoms with Crippen molar-refractivity contribution in [1.82, 2.24) is 5.32 Å². The SMILES string of the molecule is CCCc1occc1C(=O)NCC(CC)(C(=O)O)c1ccccc1. The minimum atomic E-state index is -1.15. The molecule has 2 N–H and O–H groups in total. The first kappa shape index (κ1) is 17.8. The quantitative estimate of drug-likeness (QED) is 0.778. The average molecular weight is 329 g/mol. The zero-order valence-electron chi connectivity index (χ0n) is 14.0. The van der Waals surface area contributed by atoms with Gasteiger partial charge >= 0.3 is 5.97 Å². The number of carbonyl (C=O) groups excluding carboxylic acids is 1. The van der Waals surface area contributed by atoms with E-state index in [1.165, 1.54) is 6.26 Å². The Morgan fingerprint density at radius 1 is 1.17 bits per heavy atom. The number of carboxylic acids is 1. The van der Waals surface area contributed by atoms with E-state index in [0.717, 1.165) is 6.42 Å². The lowest BCUT2D eigenvalue weighted by Gasteiger charge is -2.29. The lowest BCUT2D eigenvalue weighted by molar-refractivity contribution is -0.143. The van der Waals surface area contributed by atoms with Gasteiger partial charge in [0, 0.05) is 13.0 Å². The number of aryl methyl sites for hydroxylation is 1. The highest BCUT2D eigenvalue weighted by molar-refractivity contribution is 5.95. The van der Waals surface area contributed by atoms with Crippen LogP contribution >= 0.6 is 0 Å². The Balaban J connectivity index is 2.21. The van der Waals surface area contributed by atoms with Crippen molar-refractivity contribution in [2.24, 2.45) is 0 Å².